The molecule has 1 amide bonds. The first-order chi connectivity index (χ1) is 11.5. The number of nitro benzene ring substituents is 1. The van der Waals surface area contributed by atoms with E-state index in [1.165, 1.54) is 29.2 Å². The van der Waals surface area contributed by atoms with E-state index < -0.39 is 11.0 Å². The van der Waals surface area contributed by atoms with E-state index in [-0.39, 0.29) is 24.0 Å². The Morgan fingerprint density at radius 2 is 1.79 bits per heavy atom. The predicted molar refractivity (Wildman–Crippen MR) is 83.8 cm³/mol. The minimum Gasteiger partial charge on any atom is -0.465 e. The molecule has 1 aliphatic rings. The second-order valence-corrected chi connectivity index (χ2v) is 5.19. The van der Waals surface area contributed by atoms with Gasteiger partial charge in [0.05, 0.1) is 18.1 Å². The number of hydrogen-bond acceptors (Lipinski definition) is 7. The lowest BCUT2D eigenvalue weighted by Gasteiger charge is -2.33. The Balaban J connectivity index is 1.80. The highest BCUT2D eigenvalue weighted by Gasteiger charge is 2.24. The molecule has 1 fully saturated rings. The molecule has 1 heterocycles. The van der Waals surface area contributed by atoms with E-state index in [9.17, 15) is 19.7 Å². The number of nitro groups is 1. The first-order valence-electron chi connectivity index (χ1n) is 7.58. The number of piperazine rings is 1. The third-order valence-corrected chi connectivity index (χ3v) is 3.54. The maximum absolute atomic E-state index is 12.1. The van der Waals surface area contributed by atoms with Gasteiger partial charge in [-0.3, -0.25) is 19.8 Å². The standard InChI is InChI=1S/C15H19N3O6/c1-2-23-14(19)11-16-7-9-17(10-8-16)15(20)24-13-5-3-12(4-6-13)18(21)22/h3-6H,2,7-11H2,1H3. The van der Waals surface area contributed by atoms with Crippen LogP contribution in [0.2, 0.25) is 0 Å². The Hall–Kier alpha value is -2.68. The molecule has 0 unspecified atom stereocenters. The zero-order valence-electron chi connectivity index (χ0n) is 13.3. The zero-order chi connectivity index (χ0) is 17.5. The molecule has 0 atom stereocenters. The fourth-order valence-electron chi connectivity index (χ4n) is 2.28. The van der Waals surface area contributed by atoms with E-state index in [0.717, 1.165) is 0 Å². The van der Waals surface area contributed by atoms with Crippen LogP contribution in [-0.4, -0.2) is 66.1 Å². The van der Waals surface area contributed by atoms with Gasteiger partial charge in [0.15, 0.2) is 0 Å². The predicted octanol–water partition coefficient (Wildman–Crippen LogP) is 1.27. The molecule has 0 aliphatic carbocycles. The molecule has 0 spiro atoms. The largest absolute Gasteiger partial charge is 0.465 e. The molecule has 1 aromatic rings. The molecule has 9 nitrogen and oxygen atoms in total. The molecule has 1 aromatic carbocycles. The van der Waals surface area contributed by atoms with Crippen LogP contribution in [0.4, 0.5) is 10.5 Å². The molecular weight excluding hydrogens is 318 g/mol. The van der Waals surface area contributed by atoms with Crippen molar-refractivity contribution >= 4 is 17.7 Å². The zero-order valence-corrected chi connectivity index (χ0v) is 13.3. The SMILES string of the molecule is CCOC(=O)CN1CCN(C(=O)Oc2ccc([N+](=O)[O-])cc2)CC1. The fraction of sp³-hybridized carbons (Fsp3) is 0.467. The van der Waals surface area contributed by atoms with Gasteiger partial charge < -0.3 is 14.4 Å². The Kier molecular flexibility index (Phi) is 6.07. The van der Waals surface area contributed by atoms with Crippen molar-refractivity contribution in [1.29, 1.82) is 0 Å². The van der Waals surface area contributed by atoms with Crippen LogP contribution >= 0.6 is 0 Å². The maximum atomic E-state index is 12.1. The summed E-state index contributed by atoms with van der Waals surface area (Å²) in [4.78, 5) is 37.0. The average molecular weight is 337 g/mol. The van der Waals surface area contributed by atoms with Crippen molar-refractivity contribution in [2.45, 2.75) is 6.92 Å². The highest BCUT2D eigenvalue weighted by atomic mass is 16.6. The van der Waals surface area contributed by atoms with Gasteiger partial charge in [0.2, 0.25) is 0 Å². The van der Waals surface area contributed by atoms with Crippen LogP contribution in [-0.2, 0) is 9.53 Å². The molecule has 9 heteroatoms. The summed E-state index contributed by atoms with van der Waals surface area (Å²) in [6, 6.07) is 5.32. The molecule has 0 N–H and O–H groups in total. The van der Waals surface area contributed by atoms with Crippen LogP contribution in [0.3, 0.4) is 0 Å². The first-order valence-corrected chi connectivity index (χ1v) is 7.58. The number of amides is 1. The van der Waals surface area contributed by atoms with Gasteiger partial charge in [-0.15, -0.1) is 0 Å². The highest BCUT2D eigenvalue weighted by molar-refractivity contribution is 5.72. The van der Waals surface area contributed by atoms with Crippen LogP contribution in [0.5, 0.6) is 5.75 Å². The van der Waals surface area contributed by atoms with Crippen molar-refractivity contribution < 1.29 is 24.0 Å². The lowest BCUT2D eigenvalue weighted by molar-refractivity contribution is -0.384. The number of ether oxygens (including phenoxy) is 2. The van der Waals surface area contributed by atoms with Crippen molar-refractivity contribution in [2.75, 3.05) is 39.3 Å². The van der Waals surface area contributed by atoms with Gasteiger partial charge >= 0.3 is 12.1 Å². The van der Waals surface area contributed by atoms with Gasteiger partial charge in [-0.05, 0) is 19.1 Å². The topological polar surface area (TPSA) is 102 Å². The van der Waals surface area contributed by atoms with E-state index in [4.69, 9.17) is 9.47 Å². The smallest absolute Gasteiger partial charge is 0.415 e. The van der Waals surface area contributed by atoms with Crippen molar-refractivity contribution in [2.24, 2.45) is 0 Å². The Morgan fingerprint density at radius 1 is 1.17 bits per heavy atom. The summed E-state index contributed by atoms with van der Waals surface area (Å²) in [7, 11) is 0. The number of esters is 1. The van der Waals surface area contributed by atoms with Gasteiger partial charge in [0.1, 0.15) is 5.75 Å². The van der Waals surface area contributed by atoms with E-state index in [1.807, 2.05) is 4.90 Å². The van der Waals surface area contributed by atoms with Crippen molar-refractivity contribution in [3.63, 3.8) is 0 Å². The summed E-state index contributed by atoms with van der Waals surface area (Å²) in [5.41, 5.74) is -0.0672. The summed E-state index contributed by atoms with van der Waals surface area (Å²) >= 11 is 0. The van der Waals surface area contributed by atoms with Crippen molar-refractivity contribution in [3.8, 4) is 5.75 Å². The first kappa shape index (κ1) is 17.7. The van der Waals surface area contributed by atoms with E-state index in [1.54, 1.807) is 6.92 Å². The Bertz CT molecular complexity index is 596. The number of nitrogens with zero attached hydrogens (tertiary/aromatic N) is 3. The number of non-ortho nitro benzene ring substituents is 1. The van der Waals surface area contributed by atoms with Gasteiger partial charge in [-0.25, -0.2) is 4.79 Å². The lowest BCUT2D eigenvalue weighted by Crippen LogP contribution is -2.50. The van der Waals surface area contributed by atoms with Crippen LogP contribution < -0.4 is 4.74 Å². The molecule has 24 heavy (non-hydrogen) atoms. The van der Waals surface area contributed by atoms with Gasteiger partial charge in [0, 0.05) is 38.3 Å². The number of benzene rings is 1. The summed E-state index contributed by atoms with van der Waals surface area (Å²) in [5.74, 6) is -0.0287. The average Bonchev–Trinajstić information content (AvgIpc) is 2.56. The molecule has 0 radical (unpaired) electrons. The molecular formula is C15H19N3O6. The lowest BCUT2D eigenvalue weighted by atomic mass is 10.3. The molecule has 2 rings (SSSR count). The van der Waals surface area contributed by atoms with Crippen LogP contribution in [0.15, 0.2) is 24.3 Å². The van der Waals surface area contributed by atoms with E-state index >= 15 is 0 Å². The summed E-state index contributed by atoms with van der Waals surface area (Å²) in [6.07, 6.45) is -0.514. The van der Waals surface area contributed by atoms with E-state index in [2.05, 4.69) is 0 Å². The Morgan fingerprint density at radius 3 is 2.33 bits per heavy atom. The van der Waals surface area contributed by atoms with Crippen LogP contribution in [0.25, 0.3) is 0 Å². The molecule has 0 bridgehead atoms. The van der Waals surface area contributed by atoms with Gasteiger partial charge in [-0.2, -0.15) is 0 Å². The Labute approximate surface area is 138 Å². The normalized spacial score (nSPS) is 15.0. The minimum absolute atomic E-state index is 0.0672. The number of hydrogen-bond donors (Lipinski definition) is 0. The second-order valence-electron chi connectivity index (χ2n) is 5.19. The quantitative estimate of drug-likeness (QED) is 0.453. The van der Waals surface area contributed by atoms with Gasteiger partial charge in [-0.1, -0.05) is 0 Å². The summed E-state index contributed by atoms with van der Waals surface area (Å²) in [5, 5.41) is 10.6. The van der Waals surface area contributed by atoms with E-state index in [0.29, 0.717) is 32.8 Å². The van der Waals surface area contributed by atoms with Crippen LogP contribution in [0, 0.1) is 10.1 Å². The maximum Gasteiger partial charge on any atom is 0.415 e. The number of carbonyl (C=O) groups is 2. The van der Waals surface area contributed by atoms with Crippen molar-refractivity contribution in [1.82, 2.24) is 9.80 Å². The fourth-order valence-corrected chi connectivity index (χ4v) is 2.28. The minimum atomic E-state index is -0.519. The highest BCUT2D eigenvalue weighted by Crippen LogP contribution is 2.18. The molecule has 1 saturated heterocycles. The van der Waals surface area contributed by atoms with Crippen LogP contribution in [0.1, 0.15) is 6.92 Å². The van der Waals surface area contributed by atoms with Crippen molar-refractivity contribution in [3.05, 3.63) is 34.4 Å². The second kappa shape index (κ2) is 8.25. The molecule has 0 saturated carbocycles. The number of rotatable bonds is 5. The summed E-state index contributed by atoms with van der Waals surface area (Å²) in [6.45, 7) is 4.28. The third kappa shape index (κ3) is 4.92. The monoisotopic (exact) mass is 337 g/mol. The summed E-state index contributed by atoms with van der Waals surface area (Å²) < 4.78 is 10.1. The molecule has 0 aromatic heterocycles. The number of carbonyl (C=O) groups excluding carboxylic acids is 2. The third-order valence-electron chi connectivity index (χ3n) is 3.54. The molecule has 1 aliphatic heterocycles. The van der Waals surface area contributed by atoms with Gasteiger partial charge in [0.25, 0.3) is 5.69 Å². The molecule has 130 valence electrons.